The van der Waals surface area contributed by atoms with E-state index in [4.69, 9.17) is 5.48 Å². The van der Waals surface area contributed by atoms with Crippen molar-refractivity contribution in [3.63, 3.8) is 0 Å². The quantitative estimate of drug-likeness (QED) is 0.217. The summed E-state index contributed by atoms with van der Waals surface area (Å²) in [5.74, 6) is 0. The van der Waals surface area contributed by atoms with Crippen LogP contribution in [-0.2, 0) is 0 Å². The molecule has 0 spiro atoms. The van der Waals surface area contributed by atoms with E-state index < -0.39 is 0 Å². The summed E-state index contributed by atoms with van der Waals surface area (Å²) in [4.78, 5) is 0. The van der Waals surface area contributed by atoms with Crippen LogP contribution in [0.25, 0.3) is 54.9 Å². The molecule has 0 N–H and O–H groups in total. The van der Waals surface area contributed by atoms with Gasteiger partial charge < -0.3 is 0 Å². The first-order valence-corrected chi connectivity index (χ1v) is 11.6. The molecule has 1 heteroatoms. The average Bonchev–Trinajstić information content (AvgIpc) is 2.95. The van der Waals surface area contributed by atoms with Gasteiger partial charge in [0.1, 0.15) is 0 Å². The Hall–Kier alpha value is -3.68. The minimum atomic E-state index is -0.0807. The maximum Gasteiger partial charge on any atom is 0.0635 e. The van der Waals surface area contributed by atoms with Crippen molar-refractivity contribution in [3.8, 4) is 33.4 Å². The summed E-state index contributed by atoms with van der Waals surface area (Å²) < 4.78 is 34.1. The van der Waals surface area contributed by atoms with Crippen molar-refractivity contribution in [3.05, 3.63) is 132 Å². The Morgan fingerprint density at radius 3 is 1.58 bits per heavy atom. The van der Waals surface area contributed by atoms with Crippen LogP contribution in [-0.4, -0.2) is 0 Å². The third-order valence-electron chi connectivity index (χ3n) is 6.03. The maximum absolute atomic E-state index is 8.62. The van der Waals surface area contributed by atoms with E-state index in [-0.39, 0.29) is 28.6 Å². The van der Waals surface area contributed by atoms with Crippen molar-refractivity contribution in [1.82, 2.24) is 0 Å². The Morgan fingerprint density at radius 2 is 0.939 bits per heavy atom. The van der Waals surface area contributed by atoms with Crippen molar-refractivity contribution in [2.45, 2.75) is 0 Å². The van der Waals surface area contributed by atoms with Gasteiger partial charge in [0.25, 0.3) is 0 Å². The first-order valence-electron chi connectivity index (χ1n) is 12.8. The molecule has 0 saturated heterocycles. The molecular weight excluding hydrogens is 464 g/mol. The van der Waals surface area contributed by atoms with Gasteiger partial charge in [0.05, 0.1) is 5.48 Å². The van der Waals surface area contributed by atoms with Gasteiger partial charge in [-0.3, -0.25) is 0 Å². The zero-order chi connectivity index (χ0) is 25.7. The van der Waals surface area contributed by atoms with Gasteiger partial charge in [-0.25, -0.2) is 0 Å². The fraction of sp³-hybridized carbons (Fsp3) is 0. The highest BCUT2D eigenvalue weighted by atomic mass is 79.9. The Morgan fingerprint density at radius 1 is 0.424 bits per heavy atom. The average molecular weight is 489 g/mol. The molecule has 0 amide bonds. The Bertz CT molecular complexity index is 1780. The van der Waals surface area contributed by atoms with Gasteiger partial charge in [-0.05, 0) is 73.1 Å². The highest BCUT2D eigenvalue weighted by Gasteiger charge is 2.17. The predicted molar refractivity (Wildman–Crippen MR) is 145 cm³/mol. The van der Waals surface area contributed by atoms with Crippen LogP contribution in [0, 0.1) is 0 Å². The summed E-state index contributed by atoms with van der Waals surface area (Å²) in [6.45, 7) is 0. The van der Waals surface area contributed by atoms with Crippen LogP contribution in [0.5, 0.6) is 0 Å². The van der Waals surface area contributed by atoms with Crippen LogP contribution in [0.15, 0.2) is 132 Å². The lowest BCUT2D eigenvalue weighted by atomic mass is 9.84. The molecule has 0 aromatic heterocycles. The number of hydrogen-bond acceptors (Lipinski definition) is 0. The third kappa shape index (κ3) is 3.55. The first kappa shape index (κ1) is 16.0. The largest absolute Gasteiger partial charge is 0.0635 e. The van der Waals surface area contributed by atoms with E-state index in [0.29, 0.717) is 11.1 Å². The number of benzene rings is 6. The fourth-order valence-electron chi connectivity index (χ4n) is 4.60. The second-order valence-corrected chi connectivity index (χ2v) is 8.77. The molecule has 0 fully saturated rings. The molecule has 6 aromatic rings. The Labute approximate surface area is 207 Å². The smallest absolute Gasteiger partial charge is 0.0622 e. The van der Waals surface area contributed by atoms with Crippen molar-refractivity contribution in [2.24, 2.45) is 0 Å². The van der Waals surface area contributed by atoms with Crippen LogP contribution in [0.3, 0.4) is 0 Å². The SMILES string of the molecule is [2H]c1c([2H])c(-c2ccc3c(c2)c(-c2ccccc2)c(-c2ccccc2)c2ccccc23)c([2H])c([2H])c1Br. The lowest BCUT2D eigenvalue weighted by Crippen LogP contribution is -1.92. The maximum atomic E-state index is 8.62. The topological polar surface area (TPSA) is 0 Å². The van der Waals surface area contributed by atoms with E-state index in [2.05, 4.69) is 58.4 Å². The summed E-state index contributed by atoms with van der Waals surface area (Å²) in [7, 11) is 0. The van der Waals surface area contributed by atoms with E-state index in [0.717, 1.165) is 43.8 Å². The molecule has 0 aliphatic carbocycles. The minimum Gasteiger partial charge on any atom is -0.0622 e. The number of fused-ring (bicyclic) bond motifs is 3. The van der Waals surface area contributed by atoms with Crippen LogP contribution in [0.1, 0.15) is 5.48 Å². The summed E-state index contributed by atoms with van der Waals surface area (Å²) in [6, 6.07) is 34.8. The molecule has 6 rings (SSSR count). The molecule has 0 saturated carbocycles. The molecule has 156 valence electrons. The molecule has 0 heterocycles. The summed E-state index contributed by atoms with van der Waals surface area (Å²) in [6.07, 6.45) is 0. The molecule has 0 bridgehead atoms. The minimum absolute atomic E-state index is 0.0578. The zero-order valence-corrected chi connectivity index (χ0v) is 19.3. The molecule has 0 radical (unpaired) electrons. The van der Waals surface area contributed by atoms with E-state index in [9.17, 15) is 0 Å². The van der Waals surface area contributed by atoms with E-state index >= 15 is 0 Å². The van der Waals surface area contributed by atoms with E-state index in [1.165, 1.54) is 0 Å². The van der Waals surface area contributed by atoms with Gasteiger partial charge in [0.15, 0.2) is 0 Å². The van der Waals surface area contributed by atoms with Crippen molar-refractivity contribution in [1.29, 1.82) is 0 Å². The molecule has 0 aliphatic rings. The van der Waals surface area contributed by atoms with Gasteiger partial charge in [-0.15, -0.1) is 0 Å². The Balaban J connectivity index is 1.81. The summed E-state index contributed by atoms with van der Waals surface area (Å²) in [5, 5.41) is 4.35. The van der Waals surface area contributed by atoms with Gasteiger partial charge >= 0.3 is 0 Å². The second-order valence-electron chi connectivity index (χ2n) is 7.98. The molecule has 0 nitrogen and oxygen atoms in total. The van der Waals surface area contributed by atoms with Crippen molar-refractivity contribution in [2.75, 3.05) is 0 Å². The van der Waals surface area contributed by atoms with Crippen LogP contribution >= 0.6 is 15.9 Å². The predicted octanol–water partition coefficient (Wildman–Crippen LogP) is 9.76. The normalized spacial score (nSPS) is 12.9. The lowest BCUT2D eigenvalue weighted by molar-refractivity contribution is 1.60. The Kier molecular flexibility index (Phi) is 4.05. The molecule has 0 atom stereocenters. The highest BCUT2D eigenvalue weighted by molar-refractivity contribution is 9.10. The van der Waals surface area contributed by atoms with Crippen molar-refractivity contribution >= 4 is 37.5 Å². The first-order chi connectivity index (χ1) is 18.0. The third-order valence-corrected chi connectivity index (χ3v) is 6.43. The number of halogens is 1. The molecule has 0 aliphatic heterocycles. The van der Waals surface area contributed by atoms with E-state index in [1.807, 2.05) is 60.7 Å². The number of hydrogen-bond donors (Lipinski definition) is 0. The monoisotopic (exact) mass is 488 g/mol. The molecular formula is C32H21Br. The van der Waals surface area contributed by atoms with Crippen molar-refractivity contribution < 1.29 is 5.48 Å². The lowest BCUT2D eigenvalue weighted by Gasteiger charge is -2.19. The van der Waals surface area contributed by atoms with Crippen LogP contribution in [0.2, 0.25) is 0 Å². The summed E-state index contributed by atoms with van der Waals surface area (Å²) in [5.41, 5.74) is 5.34. The van der Waals surface area contributed by atoms with Crippen LogP contribution in [0.4, 0.5) is 0 Å². The summed E-state index contributed by atoms with van der Waals surface area (Å²) >= 11 is 3.22. The fourth-order valence-corrected chi connectivity index (χ4v) is 4.80. The molecule has 33 heavy (non-hydrogen) atoms. The second kappa shape index (κ2) is 8.35. The van der Waals surface area contributed by atoms with Crippen LogP contribution < -0.4 is 0 Å². The van der Waals surface area contributed by atoms with Gasteiger partial charge in [-0.2, -0.15) is 0 Å². The van der Waals surface area contributed by atoms with Gasteiger partial charge in [-0.1, -0.05) is 125 Å². The standard InChI is InChI=1S/C32H21Br/c33-26-18-15-22(16-19-26)25-17-20-28-27-13-7-8-14-29(27)31(23-9-3-1-4-10-23)32(30(28)21-25)24-11-5-2-6-12-24/h1-21H/i15D,16D,18D,19D. The highest BCUT2D eigenvalue weighted by Crippen LogP contribution is 2.45. The van der Waals surface area contributed by atoms with Gasteiger partial charge in [0.2, 0.25) is 0 Å². The number of rotatable bonds is 3. The van der Waals surface area contributed by atoms with E-state index in [1.54, 1.807) is 0 Å². The zero-order valence-electron chi connectivity index (χ0n) is 21.7. The van der Waals surface area contributed by atoms with Gasteiger partial charge in [0, 0.05) is 4.47 Å². The molecule has 6 aromatic carbocycles. The molecule has 0 unspecified atom stereocenters.